The lowest BCUT2D eigenvalue weighted by atomic mass is 9.84. The molecular weight excluding hydrogens is 396 g/mol. The Labute approximate surface area is 175 Å². The molecule has 0 saturated heterocycles. The third kappa shape index (κ3) is 3.01. The molecule has 1 aromatic heterocycles. The average molecular weight is 410 g/mol. The Kier molecular flexibility index (Phi) is 4.25. The number of hydrogen-bond acceptors (Lipinski definition) is 6. The summed E-state index contributed by atoms with van der Waals surface area (Å²) < 4.78 is 1.39. The van der Waals surface area contributed by atoms with Crippen LogP contribution in [0.4, 0.5) is 5.69 Å². The zero-order valence-electron chi connectivity index (χ0n) is 16.0. The molecule has 0 aliphatic heterocycles. The summed E-state index contributed by atoms with van der Waals surface area (Å²) in [4.78, 5) is 42.6. The summed E-state index contributed by atoms with van der Waals surface area (Å²) in [5.74, 6) is -1.86. The summed E-state index contributed by atoms with van der Waals surface area (Å²) >= 11 is 0. The van der Waals surface area contributed by atoms with Gasteiger partial charge in [-0.05, 0) is 30.3 Å². The second-order valence-corrected chi connectivity index (χ2v) is 7.02. The average Bonchev–Trinajstić information content (AvgIpc) is 3.21. The van der Waals surface area contributed by atoms with Crippen LogP contribution in [0, 0.1) is 0 Å². The molecule has 1 aliphatic carbocycles. The summed E-state index contributed by atoms with van der Waals surface area (Å²) in [5, 5.41) is 17.5. The first-order valence-electron chi connectivity index (χ1n) is 9.44. The topological polar surface area (TPSA) is 115 Å². The molecule has 0 bridgehead atoms. The number of fused-ring (bicyclic) bond motifs is 2. The molecular formula is C23H14N4O4. The van der Waals surface area contributed by atoms with Gasteiger partial charge in [0.25, 0.3) is 0 Å². The van der Waals surface area contributed by atoms with Gasteiger partial charge in [0, 0.05) is 11.1 Å². The number of nitrogens with zero attached hydrogens (tertiary/aromatic N) is 4. The largest absolute Gasteiger partial charge is 0.478 e. The van der Waals surface area contributed by atoms with E-state index in [1.165, 1.54) is 22.9 Å². The highest BCUT2D eigenvalue weighted by atomic mass is 16.4. The van der Waals surface area contributed by atoms with Gasteiger partial charge in [-0.1, -0.05) is 47.7 Å². The van der Waals surface area contributed by atoms with E-state index >= 15 is 0 Å². The first-order chi connectivity index (χ1) is 15.0. The van der Waals surface area contributed by atoms with Crippen LogP contribution >= 0.6 is 0 Å². The molecule has 0 fully saturated rings. The monoisotopic (exact) mass is 410 g/mol. The molecule has 1 atom stereocenters. The maximum Gasteiger partial charge on any atom is 0.335 e. The summed E-state index contributed by atoms with van der Waals surface area (Å²) in [6.07, 6.45) is 0. The molecule has 31 heavy (non-hydrogen) atoms. The number of carbonyl (C=O) groups is 3. The molecule has 0 amide bonds. The normalized spacial score (nSPS) is 17.2. The smallest absolute Gasteiger partial charge is 0.335 e. The van der Waals surface area contributed by atoms with Crippen LogP contribution in [0.1, 0.15) is 37.1 Å². The van der Waals surface area contributed by atoms with Crippen molar-refractivity contribution in [3.8, 4) is 0 Å². The van der Waals surface area contributed by atoms with Crippen LogP contribution in [0.5, 0.6) is 0 Å². The van der Waals surface area contributed by atoms with Crippen molar-refractivity contribution in [3.63, 3.8) is 0 Å². The van der Waals surface area contributed by atoms with Crippen molar-refractivity contribution < 1.29 is 19.5 Å². The van der Waals surface area contributed by atoms with Crippen LogP contribution in [0.25, 0.3) is 11.0 Å². The van der Waals surface area contributed by atoms with Crippen molar-refractivity contribution in [1.29, 1.82) is 0 Å². The number of rotatable bonds is 3. The van der Waals surface area contributed by atoms with Gasteiger partial charge in [-0.2, -0.15) is 0 Å². The van der Waals surface area contributed by atoms with E-state index in [0.717, 1.165) is 0 Å². The lowest BCUT2D eigenvalue weighted by molar-refractivity contribution is 0.0696. The molecule has 3 aromatic carbocycles. The van der Waals surface area contributed by atoms with Gasteiger partial charge in [0.05, 0.1) is 16.8 Å². The second kappa shape index (κ2) is 7.10. The van der Waals surface area contributed by atoms with E-state index in [1.54, 1.807) is 54.6 Å². The first-order valence-corrected chi connectivity index (χ1v) is 9.44. The van der Waals surface area contributed by atoms with Gasteiger partial charge in [0.1, 0.15) is 11.2 Å². The highest BCUT2D eigenvalue weighted by molar-refractivity contribution is 6.54. The number of hydrogen-bond donors (Lipinski definition) is 1. The van der Waals surface area contributed by atoms with E-state index < -0.39 is 17.8 Å². The lowest BCUT2D eigenvalue weighted by Gasteiger charge is -2.24. The van der Waals surface area contributed by atoms with Crippen LogP contribution in [-0.2, 0) is 0 Å². The van der Waals surface area contributed by atoms with Crippen molar-refractivity contribution in [3.05, 3.63) is 89.5 Å². The number of aliphatic imine (C=N–C) groups is 1. The molecule has 0 saturated carbocycles. The predicted molar refractivity (Wildman–Crippen MR) is 112 cm³/mol. The zero-order chi connectivity index (χ0) is 21.5. The van der Waals surface area contributed by atoms with E-state index in [-0.39, 0.29) is 33.9 Å². The summed E-state index contributed by atoms with van der Waals surface area (Å²) in [7, 11) is 0. The molecule has 1 unspecified atom stereocenters. The number of aromatic nitrogens is 3. The standard InChI is InChI=1S/C23H14N4O4/c28-21-15-8-1-2-9-16(15)22(29)20(27-18-11-4-3-10-17(18)25-26-27)19(21)24-14-7-5-6-13(12-14)23(30)31/h1-12,20H,(H,30,31). The molecule has 4 aromatic rings. The van der Waals surface area contributed by atoms with Gasteiger partial charge in [-0.15, -0.1) is 5.10 Å². The Morgan fingerprint density at radius 2 is 1.68 bits per heavy atom. The molecule has 0 radical (unpaired) electrons. The molecule has 8 heteroatoms. The Balaban J connectivity index is 1.75. The number of Topliss-reactive ketones (excluding diaryl/α,β-unsaturated/α-hetero) is 2. The van der Waals surface area contributed by atoms with E-state index in [2.05, 4.69) is 15.3 Å². The Morgan fingerprint density at radius 1 is 0.935 bits per heavy atom. The maximum absolute atomic E-state index is 13.5. The van der Waals surface area contributed by atoms with Crippen LogP contribution in [0.3, 0.4) is 0 Å². The SMILES string of the molecule is O=C(O)c1cccc(N=C2C(=O)c3ccccc3C(=O)C2n2nnc3ccccc32)c1. The third-order valence-corrected chi connectivity index (χ3v) is 5.14. The van der Waals surface area contributed by atoms with Gasteiger partial charge in [0.15, 0.2) is 11.8 Å². The Bertz CT molecular complexity index is 1420. The number of benzene rings is 3. The third-order valence-electron chi connectivity index (χ3n) is 5.14. The second-order valence-electron chi connectivity index (χ2n) is 7.02. The molecule has 0 spiro atoms. The van der Waals surface area contributed by atoms with Gasteiger partial charge in [-0.3, -0.25) is 9.59 Å². The van der Waals surface area contributed by atoms with E-state index in [1.807, 2.05) is 0 Å². The van der Waals surface area contributed by atoms with Crippen LogP contribution in [0.2, 0.25) is 0 Å². The van der Waals surface area contributed by atoms with E-state index in [0.29, 0.717) is 11.0 Å². The minimum Gasteiger partial charge on any atom is -0.478 e. The molecule has 8 nitrogen and oxygen atoms in total. The molecule has 5 rings (SSSR count). The fourth-order valence-corrected chi connectivity index (χ4v) is 3.69. The molecule has 150 valence electrons. The minimum atomic E-state index is -1.12. The van der Waals surface area contributed by atoms with Crippen molar-refractivity contribution in [2.45, 2.75) is 6.04 Å². The number of para-hydroxylation sites is 1. The summed E-state index contributed by atoms with van der Waals surface area (Å²) in [5.41, 5.74) is 1.94. The van der Waals surface area contributed by atoms with E-state index in [4.69, 9.17) is 0 Å². The molecule has 1 N–H and O–H groups in total. The highest BCUT2D eigenvalue weighted by Crippen LogP contribution is 2.31. The quantitative estimate of drug-likeness (QED) is 0.553. The first kappa shape index (κ1) is 18.6. The van der Waals surface area contributed by atoms with Crippen molar-refractivity contribution in [2.75, 3.05) is 0 Å². The van der Waals surface area contributed by atoms with Crippen LogP contribution < -0.4 is 0 Å². The fourth-order valence-electron chi connectivity index (χ4n) is 3.69. The Hall–Kier alpha value is -4.46. The molecule has 1 aliphatic rings. The zero-order valence-corrected chi connectivity index (χ0v) is 16.0. The number of ketones is 2. The van der Waals surface area contributed by atoms with Crippen molar-refractivity contribution >= 4 is 40.0 Å². The van der Waals surface area contributed by atoms with Crippen molar-refractivity contribution in [1.82, 2.24) is 15.0 Å². The maximum atomic E-state index is 13.5. The number of aromatic carboxylic acids is 1. The summed E-state index contributed by atoms with van der Waals surface area (Å²) in [6, 6.07) is 18.4. The Morgan fingerprint density at radius 3 is 2.48 bits per heavy atom. The number of carboxylic acids is 1. The predicted octanol–water partition coefficient (Wildman–Crippen LogP) is 3.52. The summed E-state index contributed by atoms with van der Waals surface area (Å²) in [6.45, 7) is 0. The molecule has 1 heterocycles. The van der Waals surface area contributed by atoms with Crippen LogP contribution in [0.15, 0.2) is 77.8 Å². The number of carboxylic acid groups (broad SMARTS) is 1. The van der Waals surface area contributed by atoms with Gasteiger partial charge in [-0.25, -0.2) is 14.5 Å². The lowest BCUT2D eigenvalue weighted by Crippen LogP contribution is -2.39. The minimum absolute atomic E-state index is 0.0274. The highest BCUT2D eigenvalue weighted by Gasteiger charge is 2.41. The van der Waals surface area contributed by atoms with Crippen molar-refractivity contribution in [2.24, 2.45) is 4.99 Å². The van der Waals surface area contributed by atoms with Gasteiger partial charge < -0.3 is 5.11 Å². The van der Waals surface area contributed by atoms with Crippen LogP contribution in [-0.4, -0.2) is 43.3 Å². The number of carbonyl (C=O) groups excluding carboxylic acids is 2. The van der Waals surface area contributed by atoms with Gasteiger partial charge in [0.2, 0.25) is 5.78 Å². The van der Waals surface area contributed by atoms with E-state index in [9.17, 15) is 19.5 Å². The van der Waals surface area contributed by atoms with Gasteiger partial charge >= 0.3 is 5.97 Å². The fraction of sp³-hybridized carbons (Fsp3) is 0.0435.